The van der Waals surface area contributed by atoms with E-state index in [9.17, 15) is 10.1 Å². The zero-order valence-corrected chi connectivity index (χ0v) is 16.2. The molecule has 4 rings (SSSR count). The lowest BCUT2D eigenvalue weighted by atomic mass is 9.71. The van der Waals surface area contributed by atoms with Crippen molar-refractivity contribution in [2.75, 3.05) is 0 Å². The Hall–Kier alpha value is -2.55. The molecule has 1 aliphatic heterocycles. The van der Waals surface area contributed by atoms with Crippen LogP contribution in [-0.2, 0) is 16.1 Å². The third-order valence-corrected chi connectivity index (χ3v) is 5.63. The molecule has 1 unspecified atom stereocenters. The SMILES string of the molecule is CCCn1nc(C2CC2)cc1C1C(C#N)=C(N)OC2=C1C(=O)CC(C)(C)C2. The first-order valence-corrected chi connectivity index (χ1v) is 9.76. The summed E-state index contributed by atoms with van der Waals surface area (Å²) in [6.45, 7) is 6.96. The first-order valence-electron chi connectivity index (χ1n) is 9.76. The molecule has 6 nitrogen and oxygen atoms in total. The Kier molecular flexibility index (Phi) is 4.14. The first-order chi connectivity index (χ1) is 12.8. The molecule has 27 heavy (non-hydrogen) atoms. The lowest BCUT2D eigenvalue weighted by Gasteiger charge is -2.37. The molecular weight excluding hydrogens is 340 g/mol. The largest absolute Gasteiger partial charge is 0.444 e. The minimum atomic E-state index is -0.478. The Morgan fingerprint density at radius 3 is 2.78 bits per heavy atom. The highest BCUT2D eigenvalue weighted by Gasteiger charge is 2.44. The van der Waals surface area contributed by atoms with Gasteiger partial charge < -0.3 is 10.5 Å². The van der Waals surface area contributed by atoms with Gasteiger partial charge in [0.1, 0.15) is 17.4 Å². The van der Waals surface area contributed by atoms with Crippen LogP contribution in [0.4, 0.5) is 0 Å². The maximum atomic E-state index is 13.1. The van der Waals surface area contributed by atoms with Crippen LogP contribution in [0, 0.1) is 16.7 Å². The lowest BCUT2D eigenvalue weighted by Crippen LogP contribution is -2.34. The predicted molar refractivity (Wildman–Crippen MR) is 100 cm³/mol. The number of hydrogen-bond donors (Lipinski definition) is 1. The summed E-state index contributed by atoms with van der Waals surface area (Å²) in [4.78, 5) is 13.1. The summed E-state index contributed by atoms with van der Waals surface area (Å²) in [5, 5.41) is 14.6. The van der Waals surface area contributed by atoms with Crippen molar-refractivity contribution in [1.29, 1.82) is 5.26 Å². The molecular formula is C21H26N4O2. The van der Waals surface area contributed by atoms with E-state index in [4.69, 9.17) is 15.6 Å². The summed E-state index contributed by atoms with van der Waals surface area (Å²) < 4.78 is 7.75. The fraction of sp³-hybridized carbons (Fsp3) is 0.571. The van der Waals surface area contributed by atoms with Gasteiger partial charge in [-0.25, -0.2) is 0 Å². The van der Waals surface area contributed by atoms with E-state index >= 15 is 0 Å². The van der Waals surface area contributed by atoms with Crippen molar-refractivity contribution in [2.45, 2.75) is 71.3 Å². The van der Waals surface area contributed by atoms with Gasteiger partial charge in [-0.3, -0.25) is 9.48 Å². The molecule has 2 heterocycles. The molecule has 0 saturated heterocycles. The molecule has 2 N–H and O–H groups in total. The summed E-state index contributed by atoms with van der Waals surface area (Å²) in [6, 6.07) is 4.28. The van der Waals surface area contributed by atoms with Gasteiger partial charge in [0.05, 0.1) is 17.3 Å². The second-order valence-corrected chi connectivity index (χ2v) is 8.69. The van der Waals surface area contributed by atoms with Gasteiger partial charge in [0.25, 0.3) is 0 Å². The number of nitriles is 1. The molecule has 0 radical (unpaired) electrons. The Labute approximate surface area is 159 Å². The van der Waals surface area contributed by atoms with E-state index in [1.54, 1.807) is 0 Å². The molecule has 6 heteroatoms. The van der Waals surface area contributed by atoms with Gasteiger partial charge in [0, 0.05) is 30.9 Å². The van der Waals surface area contributed by atoms with Gasteiger partial charge in [-0.1, -0.05) is 20.8 Å². The number of nitrogens with two attached hydrogens (primary N) is 1. The van der Waals surface area contributed by atoms with Gasteiger partial charge in [0.15, 0.2) is 5.78 Å². The third-order valence-electron chi connectivity index (χ3n) is 5.63. The smallest absolute Gasteiger partial charge is 0.205 e. The molecule has 1 fully saturated rings. The van der Waals surface area contributed by atoms with Gasteiger partial charge in [-0.2, -0.15) is 10.4 Å². The maximum Gasteiger partial charge on any atom is 0.205 e. The van der Waals surface area contributed by atoms with Crippen molar-refractivity contribution in [3.05, 3.63) is 40.2 Å². The second kappa shape index (κ2) is 6.26. The van der Waals surface area contributed by atoms with E-state index < -0.39 is 5.92 Å². The maximum absolute atomic E-state index is 13.1. The minimum absolute atomic E-state index is 0.0451. The molecule has 0 aromatic carbocycles. The van der Waals surface area contributed by atoms with E-state index in [1.807, 2.05) is 4.68 Å². The fourth-order valence-electron chi connectivity index (χ4n) is 4.23. The standard InChI is InChI=1S/C21H26N4O2/c1-4-7-25-15(8-14(24-25)12-5-6-12)18-13(11-22)20(23)27-17-10-21(2,3)9-16(26)19(17)18/h8,12,18H,4-7,9-10,23H2,1-3H3. The predicted octanol–water partition coefficient (Wildman–Crippen LogP) is 3.62. The molecule has 1 atom stereocenters. The van der Waals surface area contributed by atoms with Crippen LogP contribution < -0.4 is 5.73 Å². The number of allylic oxidation sites excluding steroid dienone is 3. The van der Waals surface area contributed by atoms with Crippen molar-refractivity contribution < 1.29 is 9.53 Å². The Morgan fingerprint density at radius 2 is 2.15 bits per heavy atom. The van der Waals surface area contributed by atoms with Gasteiger partial charge in [-0.15, -0.1) is 0 Å². The molecule has 1 saturated carbocycles. The molecule has 142 valence electrons. The third kappa shape index (κ3) is 3.05. The van der Waals surface area contributed by atoms with Gasteiger partial charge in [-0.05, 0) is 30.7 Å². The number of ketones is 1. The van der Waals surface area contributed by atoms with E-state index in [0.717, 1.165) is 37.2 Å². The van der Waals surface area contributed by atoms with Crippen LogP contribution in [0.1, 0.15) is 76.1 Å². The summed E-state index contributed by atoms with van der Waals surface area (Å²) >= 11 is 0. The zero-order chi connectivity index (χ0) is 19.3. The molecule has 1 aromatic rings. The quantitative estimate of drug-likeness (QED) is 0.878. The minimum Gasteiger partial charge on any atom is -0.444 e. The highest BCUT2D eigenvalue weighted by Crippen LogP contribution is 2.49. The number of hydrogen-bond acceptors (Lipinski definition) is 5. The van der Waals surface area contributed by atoms with Crippen molar-refractivity contribution in [2.24, 2.45) is 11.1 Å². The van der Waals surface area contributed by atoms with E-state index in [0.29, 0.717) is 35.7 Å². The van der Waals surface area contributed by atoms with E-state index in [-0.39, 0.29) is 17.1 Å². The van der Waals surface area contributed by atoms with Crippen LogP contribution in [0.2, 0.25) is 0 Å². The number of aryl methyl sites for hydroxylation is 1. The Bertz CT molecular complexity index is 909. The number of Topliss-reactive ketones (excluding diaryl/α,β-unsaturated/α-hetero) is 1. The number of ether oxygens (including phenoxy) is 1. The van der Waals surface area contributed by atoms with Crippen LogP contribution in [-0.4, -0.2) is 15.6 Å². The molecule has 0 spiro atoms. The average molecular weight is 366 g/mol. The van der Waals surface area contributed by atoms with Gasteiger partial charge >= 0.3 is 0 Å². The van der Waals surface area contributed by atoms with Crippen molar-refractivity contribution in [3.8, 4) is 6.07 Å². The van der Waals surface area contributed by atoms with Crippen LogP contribution >= 0.6 is 0 Å². The normalized spacial score (nSPS) is 24.5. The van der Waals surface area contributed by atoms with Crippen LogP contribution in [0.3, 0.4) is 0 Å². The second-order valence-electron chi connectivity index (χ2n) is 8.69. The number of carbonyl (C=O) groups excluding carboxylic acids is 1. The summed E-state index contributed by atoms with van der Waals surface area (Å²) in [5.41, 5.74) is 8.82. The number of rotatable bonds is 4. The first kappa shape index (κ1) is 17.8. The van der Waals surface area contributed by atoms with Crippen LogP contribution in [0.25, 0.3) is 0 Å². The van der Waals surface area contributed by atoms with Crippen LogP contribution in [0.15, 0.2) is 28.9 Å². The van der Waals surface area contributed by atoms with Crippen molar-refractivity contribution >= 4 is 5.78 Å². The molecule has 1 aromatic heterocycles. The van der Waals surface area contributed by atoms with E-state index in [2.05, 4.69) is 32.9 Å². The van der Waals surface area contributed by atoms with E-state index in [1.165, 1.54) is 0 Å². The summed E-state index contributed by atoms with van der Waals surface area (Å²) in [6.07, 6.45) is 4.32. The molecule has 3 aliphatic rings. The van der Waals surface area contributed by atoms with Crippen LogP contribution in [0.5, 0.6) is 0 Å². The lowest BCUT2D eigenvalue weighted by molar-refractivity contribution is -0.119. The molecule has 0 bridgehead atoms. The zero-order valence-electron chi connectivity index (χ0n) is 16.2. The Balaban J connectivity index is 1.88. The monoisotopic (exact) mass is 366 g/mol. The number of nitrogens with zero attached hydrogens (tertiary/aromatic N) is 3. The summed E-state index contributed by atoms with van der Waals surface area (Å²) in [7, 11) is 0. The highest BCUT2D eigenvalue weighted by molar-refractivity contribution is 5.99. The van der Waals surface area contributed by atoms with Gasteiger partial charge in [0.2, 0.25) is 5.88 Å². The number of carbonyl (C=O) groups is 1. The molecule has 0 amide bonds. The Morgan fingerprint density at radius 1 is 1.41 bits per heavy atom. The number of aromatic nitrogens is 2. The highest BCUT2D eigenvalue weighted by atomic mass is 16.5. The fourth-order valence-corrected chi connectivity index (χ4v) is 4.23. The molecule has 2 aliphatic carbocycles. The topological polar surface area (TPSA) is 93.9 Å². The van der Waals surface area contributed by atoms with Crippen molar-refractivity contribution in [1.82, 2.24) is 9.78 Å². The summed E-state index contributed by atoms with van der Waals surface area (Å²) in [5.74, 6) is 0.805. The van der Waals surface area contributed by atoms with Crippen molar-refractivity contribution in [3.63, 3.8) is 0 Å². The average Bonchev–Trinajstić information content (AvgIpc) is 3.34.